The number of sulfonamides is 1. The lowest BCUT2D eigenvalue weighted by molar-refractivity contribution is 0.570. The van der Waals surface area contributed by atoms with E-state index in [9.17, 15) is 12.8 Å². The molecule has 0 aliphatic carbocycles. The van der Waals surface area contributed by atoms with Gasteiger partial charge in [-0.2, -0.15) is 0 Å². The van der Waals surface area contributed by atoms with Crippen LogP contribution in [0.15, 0.2) is 53.4 Å². The van der Waals surface area contributed by atoms with Crippen LogP contribution in [0.3, 0.4) is 0 Å². The van der Waals surface area contributed by atoms with Crippen LogP contribution < -0.4 is 4.72 Å². The van der Waals surface area contributed by atoms with Crippen molar-refractivity contribution < 1.29 is 12.8 Å². The maximum absolute atomic E-state index is 13.5. The molecule has 0 fully saturated rings. The van der Waals surface area contributed by atoms with E-state index in [1.807, 2.05) is 0 Å². The highest BCUT2D eigenvalue weighted by Crippen LogP contribution is 2.19. The van der Waals surface area contributed by atoms with Gasteiger partial charge >= 0.3 is 0 Å². The van der Waals surface area contributed by atoms with E-state index in [4.69, 9.17) is 0 Å². The van der Waals surface area contributed by atoms with Crippen molar-refractivity contribution in [1.29, 1.82) is 0 Å². The summed E-state index contributed by atoms with van der Waals surface area (Å²) in [4.78, 5) is -0.341. The molecule has 0 amide bonds. The molecule has 0 atom stereocenters. The molecule has 2 aromatic carbocycles. The second-order valence-electron chi connectivity index (χ2n) is 3.91. The quantitative estimate of drug-likeness (QED) is 0.927. The van der Waals surface area contributed by atoms with Gasteiger partial charge in [-0.1, -0.05) is 24.3 Å². The average Bonchev–Trinajstić information content (AvgIpc) is 2.33. The highest BCUT2D eigenvalue weighted by atomic mass is 32.2. The van der Waals surface area contributed by atoms with Crippen molar-refractivity contribution in [2.45, 2.75) is 11.8 Å². The molecule has 0 unspecified atom stereocenters. The largest absolute Gasteiger partial charge is 0.280 e. The normalized spacial score (nSPS) is 11.2. The maximum atomic E-state index is 13.5. The SMILES string of the molecule is Cc1ccc(F)c(S(=O)(=O)Nc2ccccc2)c1. The fourth-order valence-electron chi connectivity index (χ4n) is 1.53. The van der Waals surface area contributed by atoms with Gasteiger partial charge in [-0.25, -0.2) is 12.8 Å². The summed E-state index contributed by atoms with van der Waals surface area (Å²) in [5, 5.41) is 0. The van der Waals surface area contributed by atoms with Crippen LogP contribution in [0.4, 0.5) is 10.1 Å². The van der Waals surface area contributed by atoms with Crippen molar-refractivity contribution in [3.05, 3.63) is 59.9 Å². The van der Waals surface area contributed by atoms with Crippen LogP contribution in [0.1, 0.15) is 5.56 Å². The van der Waals surface area contributed by atoms with E-state index in [1.54, 1.807) is 37.3 Å². The lowest BCUT2D eigenvalue weighted by Gasteiger charge is -2.09. The van der Waals surface area contributed by atoms with Gasteiger partial charge in [0.25, 0.3) is 10.0 Å². The third-order valence-corrected chi connectivity index (χ3v) is 3.80. The van der Waals surface area contributed by atoms with E-state index in [0.717, 1.165) is 6.07 Å². The molecule has 0 saturated carbocycles. The van der Waals surface area contributed by atoms with Gasteiger partial charge in [0, 0.05) is 5.69 Å². The van der Waals surface area contributed by atoms with Crippen LogP contribution in [0.25, 0.3) is 0 Å². The zero-order valence-electron chi connectivity index (χ0n) is 9.72. The van der Waals surface area contributed by atoms with E-state index >= 15 is 0 Å². The van der Waals surface area contributed by atoms with Crippen molar-refractivity contribution in [3.63, 3.8) is 0 Å². The predicted octanol–water partition coefficient (Wildman–Crippen LogP) is 2.93. The Bertz CT molecular complexity index is 654. The Morgan fingerprint density at radius 1 is 1.06 bits per heavy atom. The number of rotatable bonds is 3. The molecule has 2 aromatic rings. The number of halogens is 1. The molecule has 0 radical (unpaired) electrons. The van der Waals surface area contributed by atoms with Crippen LogP contribution in [-0.4, -0.2) is 8.42 Å². The first-order chi connectivity index (χ1) is 8.49. The van der Waals surface area contributed by atoms with Crippen LogP contribution in [0.2, 0.25) is 0 Å². The van der Waals surface area contributed by atoms with Gasteiger partial charge in [0.1, 0.15) is 10.7 Å². The highest BCUT2D eigenvalue weighted by molar-refractivity contribution is 7.92. The van der Waals surface area contributed by atoms with Gasteiger partial charge in [-0.3, -0.25) is 4.72 Å². The molecule has 18 heavy (non-hydrogen) atoms. The maximum Gasteiger partial charge on any atom is 0.264 e. The number of anilines is 1. The smallest absolute Gasteiger partial charge is 0.264 e. The number of nitrogens with one attached hydrogen (secondary N) is 1. The van der Waals surface area contributed by atoms with Crippen LogP contribution in [0, 0.1) is 12.7 Å². The Morgan fingerprint density at radius 2 is 1.72 bits per heavy atom. The third-order valence-electron chi connectivity index (χ3n) is 2.40. The van der Waals surface area contributed by atoms with Crippen molar-refractivity contribution >= 4 is 15.7 Å². The van der Waals surface area contributed by atoms with E-state index in [0.29, 0.717) is 11.3 Å². The fourth-order valence-corrected chi connectivity index (χ4v) is 2.75. The van der Waals surface area contributed by atoms with E-state index in [1.165, 1.54) is 12.1 Å². The second-order valence-corrected chi connectivity index (χ2v) is 5.56. The molecule has 0 spiro atoms. The van der Waals surface area contributed by atoms with Crippen molar-refractivity contribution in [2.24, 2.45) is 0 Å². The van der Waals surface area contributed by atoms with Gasteiger partial charge in [0.05, 0.1) is 0 Å². The topological polar surface area (TPSA) is 46.2 Å². The van der Waals surface area contributed by atoms with Gasteiger partial charge in [0.15, 0.2) is 0 Å². The van der Waals surface area contributed by atoms with E-state index < -0.39 is 15.8 Å². The first-order valence-electron chi connectivity index (χ1n) is 5.33. The summed E-state index contributed by atoms with van der Waals surface area (Å²) in [6.07, 6.45) is 0. The predicted molar refractivity (Wildman–Crippen MR) is 68.4 cm³/mol. The van der Waals surface area contributed by atoms with Gasteiger partial charge in [0.2, 0.25) is 0 Å². The Labute approximate surface area is 105 Å². The Kier molecular flexibility index (Phi) is 3.34. The molecule has 0 heterocycles. The van der Waals surface area contributed by atoms with E-state index in [2.05, 4.69) is 4.72 Å². The third kappa shape index (κ3) is 2.68. The molecule has 5 heteroatoms. The Balaban J connectivity index is 2.40. The summed E-state index contributed by atoms with van der Waals surface area (Å²) in [6, 6.07) is 12.4. The average molecular weight is 265 g/mol. The van der Waals surface area contributed by atoms with Gasteiger partial charge < -0.3 is 0 Å². The standard InChI is InChI=1S/C13H12FNO2S/c1-10-7-8-12(14)13(9-10)18(16,17)15-11-5-3-2-4-6-11/h2-9,15H,1H3. The summed E-state index contributed by atoms with van der Waals surface area (Å²) in [5.74, 6) is -0.760. The molecule has 0 aliphatic rings. The summed E-state index contributed by atoms with van der Waals surface area (Å²) in [6.45, 7) is 1.71. The van der Waals surface area contributed by atoms with Crippen molar-refractivity contribution in [1.82, 2.24) is 0 Å². The molecule has 0 saturated heterocycles. The number of hydrogen-bond donors (Lipinski definition) is 1. The lowest BCUT2D eigenvalue weighted by Crippen LogP contribution is -2.14. The number of aryl methyl sites for hydroxylation is 1. The summed E-state index contributed by atoms with van der Waals surface area (Å²) in [7, 11) is -3.89. The first-order valence-corrected chi connectivity index (χ1v) is 6.81. The molecule has 94 valence electrons. The molecule has 1 N–H and O–H groups in total. The van der Waals surface area contributed by atoms with Crippen LogP contribution in [-0.2, 0) is 10.0 Å². The molecule has 0 aromatic heterocycles. The number of benzene rings is 2. The van der Waals surface area contributed by atoms with Crippen molar-refractivity contribution in [2.75, 3.05) is 4.72 Å². The van der Waals surface area contributed by atoms with Crippen LogP contribution >= 0.6 is 0 Å². The Hall–Kier alpha value is -1.88. The minimum Gasteiger partial charge on any atom is -0.280 e. The van der Waals surface area contributed by atoms with Crippen molar-refractivity contribution in [3.8, 4) is 0 Å². The highest BCUT2D eigenvalue weighted by Gasteiger charge is 2.19. The molecule has 0 bridgehead atoms. The van der Waals surface area contributed by atoms with Crippen LogP contribution in [0.5, 0.6) is 0 Å². The number of hydrogen-bond acceptors (Lipinski definition) is 2. The Morgan fingerprint density at radius 3 is 2.39 bits per heavy atom. The van der Waals surface area contributed by atoms with E-state index in [-0.39, 0.29) is 4.90 Å². The molecule has 0 aliphatic heterocycles. The summed E-state index contributed by atoms with van der Waals surface area (Å²) < 4.78 is 39.9. The molecule has 2 rings (SSSR count). The number of para-hydroxylation sites is 1. The fraction of sp³-hybridized carbons (Fsp3) is 0.0769. The monoisotopic (exact) mass is 265 g/mol. The summed E-state index contributed by atoms with van der Waals surface area (Å²) in [5.41, 5.74) is 1.09. The minimum atomic E-state index is -3.89. The van der Waals surface area contributed by atoms with Gasteiger partial charge in [-0.05, 0) is 36.8 Å². The lowest BCUT2D eigenvalue weighted by atomic mass is 10.2. The molecular formula is C13H12FNO2S. The van der Waals surface area contributed by atoms with Gasteiger partial charge in [-0.15, -0.1) is 0 Å². The minimum absolute atomic E-state index is 0.341. The molecular weight excluding hydrogens is 253 g/mol. The zero-order valence-corrected chi connectivity index (χ0v) is 10.5. The second kappa shape index (κ2) is 4.78. The summed E-state index contributed by atoms with van der Waals surface area (Å²) >= 11 is 0. The first kappa shape index (κ1) is 12.6. The zero-order chi connectivity index (χ0) is 13.2. The molecule has 3 nitrogen and oxygen atoms in total.